The maximum absolute atomic E-state index is 13.0. The molecule has 0 saturated carbocycles. The SMILES string of the molecule is CCCCC/C=C\C=C/CCCCCCCCCCCCC(=O)NC(COP(=O)([O-])OCC[N+](C)(C)C)C(O)CCCCCCCCCCCCCCCCCCCCCCCCCC. The van der Waals surface area contributed by atoms with E-state index in [-0.39, 0.29) is 19.1 Å². The highest BCUT2D eigenvalue weighted by molar-refractivity contribution is 7.45. The van der Waals surface area contributed by atoms with Gasteiger partial charge in [-0.3, -0.25) is 9.36 Å². The largest absolute Gasteiger partial charge is 0.756 e. The number of hydrogen-bond acceptors (Lipinski definition) is 6. The van der Waals surface area contributed by atoms with E-state index in [1.54, 1.807) is 0 Å². The number of amides is 1. The number of quaternary nitrogens is 1. The molecule has 0 aromatic rings. The van der Waals surface area contributed by atoms with Crippen LogP contribution in [0.3, 0.4) is 0 Å². The van der Waals surface area contributed by atoms with Crippen LogP contribution in [0.2, 0.25) is 0 Å². The van der Waals surface area contributed by atoms with E-state index in [1.165, 1.54) is 212 Å². The molecule has 1 amide bonds. The van der Waals surface area contributed by atoms with Crippen LogP contribution < -0.4 is 10.2 Å². The zero-order chi connectivity index (χ0) is 47.8. The summed E-state index contributed by atoms with van der Waals surface area (Å²) in [5.41, 5.74) is 0. The fourth-order valence-electron chi connectivity index (χ4n) is 8.50. The summed E-state index contributed by atoms with van der Waals surface area (Å²) < 4.78 is 23.4. The quantitative estimate of drug-likeness (QED) is 0.0272. The van der Waals surface area contributed by atoms with E-state index in [0.717, 1.165) is 38.5 Å². The predicted molar refractivity (Wildman–Crippen MR) is 279 cm³/mol. The molecule has 2 N–H and O–H groups in total. The van der Waals surface area contributed by atoms with Crippen LogP contribution >= 0.6 is 7.82 Å². The fourth-order valence-corrected chi connectivity index (χ4v) is 9.23. The number of aliphatic hydroxyl groups excluding tert-OH is 1. The van der Waals surface area contributed by atoms with E-state index in [0.29, 0.717) is 23.9 Å². The van der Waals surface area contributed by atoms with Crippen LogP contribution in [-0.4, -0.2) is 68.5 Å². The maximum atomic E-state index is 13.0. The van der Waals surface area contributed by atoms with Gasteiger partial charge in [0.15, 0.2) is 0 Å². The lowest BCUT2D eigenvalue weighted by atomic mass is 10.0. The van der Waals surface area contributed by atoms with Crippen molar-refractivity contribution in [2.45, 2.75) is 289 Å². The standard InChI is InChI=1S/C56H111N2O6P/c1-6-8-10-12-14-16-18-20-22-24-26-27-28-29-30-32-33-35-37-39-41-43-45-47-49-55(59)54(53-64-65(61,62)63-52-51-58(3,4)5)57-56(60)50-48-46-44-42-40-38-36-34-31-25-23-21-19-17-15-13-11-9-7-2/h15,17,19,21,54-55,59H,6-14,16,18,20,22-53H2,1-5H3,(H-,57,60,61,62)/b17-15-,21-19-. The first-order valence-electron chi connectivity index (χ1n) is 28.2. The zero-order valence-corrected chi connectivity index (χ0v) is 44.9. The minimum absolute atomic E-state index is 0.0127. The molecule has 0 radical (unpaired) electrons. The van der Waals surface area contributed by atoms with Crippen LogP contribution in [-0.2, 0) is 18.4 Å². The number of carbonyl (C=O) groups excluding carboxylic acids is 1. The second-order valence-corrected chi connectivity index (χ2v) is 22.1. The second kappa shape index (κ2) is 48.0. The molecule has 9 heteroatoms. The summed E-state index contributed by atoms with van der Waals surface area (Å²) in [7, 11) is 1.31. The average molecular weight is 939 g/mol. The van der Waals surface area contributed by atoms with Crippen molar-refractivity contribution in [1.29, 1.82) is 0 Å². The van der Waals surface area contributed by atoms with Crippen molar-refractivity contribution in [2.24, 2.45) is 0 Å². The summed E-state index contributed by atoms with van der Waals surface area (Å²) in [5, 5.41) is 14.0. The van der Waals surface area contributed by atoms with E-state index in [9.17, 15) is 19.4 Å². The molecule has 0 aliphatic rings. The molecule has 386 valence electrons. The molecule has 65 heavy (non-hydrogen) atoms. The first kappa shape index (κ1) is 64.0. The highest BCUT2D eigenvalue weighted by Crippen LogP contribution is 2.38. The molecule has 3 atom stereocenters. The molecule has 0 spiro atoms. The monoisotopic (exact) mass is 939 g/mol. The Morgan fingerprint density at radius 2 is 0.877 bits per heavy atom. The number of phosphoric ester groups is 1. The fraction of sp³-hybridized carbons (Fsp3) is 0.911. The van der Waals surface area contributed by atoms with E-state index < -0.39 is 20.0 Å². The van der Waals surface area contributed by atoms with Crippen molar-refractivity contribution in [2.75, 3.05) is 40.9 Å². The summed E-state index contributed by atoms with van der Waals surface area (Å²) in [4.78, 5) is 25.5. The lowest BCUT2D eigenvalue weighted by Crippen LogP contribution is -2.46. The number of carbonyl (C=O) groups is 1. The Bertz CT molecular complexity index is 1110. The van der Waals surface area contributed by atoms with Crippen molar-refractivity contribution >= 4 is 13.7 Å². The topological polar surface area (TPSA) is 108 Å². The van der Waals surface area contributed by atoms with Crippen LogP contribution in [0.5, 0.6) is 0 Å². The number of phosphoric acid groups is 1. The molecule has 8 nitrogen and oxygen atoms in total. The van der Waals surface area contributed by atoms with Crippen molar-refractivity contribution < 1.29 is 32.9 Å². The van der Waals surface area contributed by atoms with Gasteiger partial charge in [0, 0.05) is 6.42 Å². The Kier molecular flexibility index (Phi) is 47.3. The molecule has 0 aromatic heterocycles. The van der Waals surface area contributed by atoms with Gasteiger partial charge in [-0.15, -0.1) is 0 Å². The summed E-state index contributed by atoms with van der Waals surface area (Å²) in [6, 6.07) is -0.801. The minimum Gasteiger partial charge on any atom is -0.756 e. The van der Waals surface area contributed by atoms with Gasteiger partial charge in [0.05, 0.1) is 39.9 Å². The lowest BCUT2D eigenvalue weighted by molar-refractivity contribution is -0.870. The third kappa shape index (κ3) is 50.7. The van der Waals surface area contributed by atoms with Gasteiger partial charge >= 0.3 is 0 Å². The molecule has 0 rings (SSSR count). The van der Waals surface area contributed by atoms with Crippen LogP contribution in [0.4, 0.5) is 0 Å². The zero-order valence-electron chi connectivity index (χ0n) is 44.0. The molecular weight excluding hydrogens is 828 g/mol. The predicted octanol–water partition coefficient (Wildman–Crippen LogP) is 16.2. The van der Waals surface area contributed by atoms with Gasteiger partial charge in [0.2, 0.25) is 5.91 Å². The first-order chi connectivity index (χ1) is 31.5. The Balaban J connectivity index is 4.17. The Morgan fingerprint density at radius 1 is 0.538 bits per heavy atom. The number of unbranched alkanes of at least 4 members (excludes halogenated alkanes) is 36. The number of allylic oxidation sites excluding steroid dienone is 4. The third-order valence-electron chi connectivity index (χ3n) is 13.0. The van der Waals surface area contributed by atoms with E-state index >= 15 is 0 Å². The van der Waals surface area contributed by atoms with Gasteiger partial charge in [-0.2, -0.15) is 0 Å². The number of likely N-dealkylation sites (N-methyl/N-ethyl adjacent to an activating group) is 1. The van der Waals surface area contributed by atoms with Crippen LogP contribution in [0, 0.1) is 0 Å². The number of nitrogens with one attached hydrogen (secondary N) is 1. The molecular formula is C56H111N2O6P. The lowest BCUT2D eigenvalue weighted by Gasteiger charge is -2.30. The van der Waals surface area contributed by atoms with Crippen LogP contribution in [0.15, 0.2) is 24.3 Å². The number of hydrogen-bond donors (Lipinski definition) is 2. The highest BCUT2D eigenvalue weighted by atomic mass is 31.2. The smallest absolute Gasteiger partial charge is 0.268 e. The molecule has 0 bridgehead atoms. The van der Waals surface area contributed by atoms with Crippen molar-refractivity contribution in [3.05, 3.63) is 24.3 Å². The third-order valence-corrected chi connectivity index (χ3v) is 13.9. The molecule has 0 aliphatic heterocycles. The molecule has 0 aromatic carbocycles. The van der Waals surface area contributed by atoms with E-state index in [2.05, 4.69) is 43.5 Å². The summed E-state index contributed by atoms with van der Waals surface area (Å²) >= 11 is 0. The Labute approximate surface area is 404 Å². The molecule has 0 fully saturated rings. The summed E-state index contributed by atoms with van der Waals surface area (Å²) in [5.74, 6) is -0.165. The second-order valence-electron chi connectivity index (χ2n) is 20.7. The average Bonchev–Trinajstić information content (AvgIpc) is 3.26. The van der Waals surface area contributed by atoms with E-state index in [1.807, 2.05) is 21.1 Å². The van der Waals surface area contributed by atoms with Gasteiger partial charge in [-0.1, -0.05) is 256 Å². The van der Waals surface area contributed by atoms with Gasteiger partial charge in [-0.05, 0) is 38.5 Å². The van der Waals surface area contributed by atoms with Gasteiger partial charge in [-0.25, -0.2) is 0 Å². The number of nitrogens with zero attached hydrogens (tertiary/aromatic N) is 1. The van der Waals surface area contributed by atoms with Crippen LogP contribution in [0.25, 0.3) is 0 Å². The minimum atomic E-state index is -4.57. The van der Waals surface area contributed by atoms with Gasteiger partial charge in [0.1, 0.15) is 13.2 Å². The molecule has 0 saturated heterocycles. The summed E-state index contributed by atoms with van der Waals surface area (Å²) in [6.07, 6.45) is 59.1. The number of rotatable bonds is 52. The van der Waals surface area contributed by atoms with E-state index in [4.69, 9.17) is 9.05 Å². The van der Waals surface area contributed by atoms with Crippen molar-refractivity contribution in [3.63, 3.8) is 0 Å². The molecule has 0 aliphatic carbocycles. The Hall–Kier alpha value is -1.02. The van der Waals surface area contributed by atoms with Gasteiger partial charge < -0.3 is 28.8 Å². The Morgan fingerprint density at radius 3 is 1.28 bits per heavy atom. The van der Waals surface area contributed by atoms with Crippen molar-refractivity contribution in [3.8, 4) is 0 Å². The first-order valence-corrected chi connectivity index (χ1v) is 29.7. The number of aliphatic hydroxyl groups is 1. The summed E-state index contributed by atoms with van der Waals surface area (Å²) in [6.45, 7) is 4.73. The molecule has 0 heterocycles. The van der Waals surface area contributed by atoms with Crippen LogP contribution in [0.1, 0.15) is 277 Å². The molecule has 3 unspecified atom stereocenters. The van der Waals surface area contributed by atoms with Crippen molar-refractivity contribution in [1.82, 2.24) is 5.32 Å². The maximum Gasteiger partial charge on any atom is 0.268 e. The van der Waals surface area contributed by atoms with Gasteiger partial charge in [0.25, 0.3) is 7.82 Å². The highest BCUT2D eigenvalue weighted by Gasteiger charge is 2.24. The normalized spacial score (nSPS) is 14.1.